The summed E-state index contributed by atoms with van der Waals surface area (Å²) in [5.74, 6) is 0. The first-order valence-corrected chi connectivity index (χ1v) is 11.8. The van der Waals surface area contributed by atoms with Crippen molar-refractivity contribution in [1.29, 1.82) is 0 Å². The average molecular weight is 429 g/mol. The predicted octanol–water partition coefficient (Wildman–Crippen LogP) is 1.92. The summed E-state index contributed by atoms with van der Waals surface area (Å²) in [4.78, 5) is 35.0. The molecule has 2 aromatic rings. The van der Waals surface area contributed by atoms with E-state index >= 15 is 0 Å². The smallest absolute Gasteiger partial charge is 0.322 e. The quantitative estimate of drug-likeness (QED) is 0.804. The summed E-state index contributed by atoms with van der Waals surface area (Å²) in [7, 11) is 0. The first-order valence-electron chi connectivity index (χ1n) is 11.0. The highest BCUT2D eigenvalue weighted by Gasteiger charge is 2.23. The zero-order valence-corrected chi connectivity index (χ0v) is 18.0. The average Bonchev–Trinajstić information content (AvgIpc) is 3.38. The molecule has 1 N–H and O–H groups in total. The monoisotopic (exact) mass is 428 g/mol. The van der Waals surface area contributed by atoms with Crippen molar-refractivity contribution in [2.45, 2.75) is 51.5 Å². The fourth-order valence-electron chi connectivity index (χ4n) is 4.59. The van der Waals surface area contributed by atoms with Gasteiger partial charge >= 0.3 is 6.03 Å². The molecule has 3 heterocycles. The second-order valence-electron chi connectivity index (χ2n) is 8.39. The van der Waals surface area contributed by atoms with E-state index in [2.05, 4.69) is 20.3 Å². The molecule has 0 spiro atoms. The van der Waals surface area contributed by atoms with E-state index in [1.807, 2.05) is 4.90 Å². The highest BCUT2D eigenvalue weighted by Crippen LogP contribution is 2.29. The van der Waals surface area contributed by atoms with Crippen LogP contribution in [0.5, 0.6) is 0 Å². The number of nitrogens with one attached hydrogen (secondary N) is 1. The number of aryl methyl sites for hydroxylation is 4. The highest BCUT2D eigenvalue weighted by atomic mass is 32.1. The molecular weight excluding hydrogens is 400 g/mol. The molecule has 0 radical (unpaired) electrons. The zero-order chi connectivity index (χ0) is 20.5. The van der Waals surface area contributed by atoms with Crippen molar-refractivity contribution < 1.29 is 4.79 Å². The van der Waals surface area contributed by atoms with Crippen LogP contribution in [0.1, 0.15) is 41.1 Å². The summed E-state index contributed by atoms with van der Waals surface area (Å²) < 4.78 is 1.60. The summed E-state index contributed by atoms with van der Waals surface area (Å²) >= 11 is 1.62. The molecule has 0 saturated carbocycles. The van der Waals surface area contributed by atoms with E-state index in [-0.39, 0.29) is 11.6 Å². The van der Waals surface area contributed by atoms with Crippen molar-refractivity contribution in [2.24, 2.45) is 0 Å². The number of urea groups is 1. The molecule has 0 atom stereocenters. The van der Waals surface area contributed by atoms with Crippen molar-refractivity contribution in [2.75, 3.05) is 38.0 Å². The van der Waals surface area contributed by atoms with Gasteiger partial charge in [0.15, 0.2) is 5.13 Å². The van der Waals surface area contributed by atoms with Crippen LogP contribution in [0.2, 0.25) is 0 Å². The Morgan fingerprint density at radius 1 is 1.00 bits per heavy atom. The Morgan fingerprint density at radius 2 is 1.80 bits per heavy atom. The third-order valence-corrected chi connectivity index (χ3v) is 7.44. The van der Waals surface area contributed by atoms with Gasteiger partial charge in [0, 0.05) is 43.7 Å². The van der Waals surface area contributed by atoms with Crippen molar-refractivity contribution in [1.82, 2.24) is 24.6 Å². The number of hydrogen-bond donors (Lipinski definition) is 1. The minimum Gasteiger partial charge on any atom is -0.322 e. The van der Waals surface area contributed by atoms with Crippen molar-refractivity contribution >= 4 is 22.5 Å². The van der Waals surface area contributed by atoms with Crippen LogP contribution in [0, 0.1) is 0 Å². The van der Waals surface area contributed by atoms with E-state index in [1.165, 1.54) is 23.4 Å². The molecule has 3 aliphatic rings. The number of anilines is 1. The van der Waals surface area contributed by atoms with Gasteiger partial charge < -0.3 is 4.90 Å². The number of nitrogens with zero attached hydrogens (tertiary/aromatic N) is 5. The lowest BCUT2D eigenvalue weighted by Crippen LogP contribution is -2.50. The fourth-order valence-corrected chi connectivity index (χ4v) is 5.63. The minimum absolute atomic E-state index is 0.000177. The topological polar surface area (TPSA) is 83.4 Å². The number of rotatable bonds is 4. The lowest BCUT2D eigenvalue weighted by Gasteiger charge is -2.34. The minimum atomic E-state index is -0.0581. The SMILES string of the molecule is O=C(Nc1nc2c(s1)CCCC2)N1CCN(CCn2nc3c(cc2=O)CCC3)CC1. The lowest BCUT2D eigenvalue weighted by molar-refractivity contribution is 0.143. The molecule has 0 unspecified atom stereocenters. The molecule has 2 aromatic heterocycles. The maximum atomic E-state index is 12.6. The van der Waals surface area contributed by atoms with Gasteiger partial charge in [0.25, 0.3) is 5.56 Å². The highest BCUT2D eigenvalue weighted by molar-refractivity contribution is 7.15. The van der Waals surface area contributed by atoms with Gasteiger partial charge in [-0.2, -0.15) is 5.10 Å². The third-order valence-electron chi connectivity index (χ3n) is 6.37. The summed E-state index contributed by atoms with van der Waals surface area (Å²) in [6, 6.07) is 1.70. The van der Waals surface area contributed by atoms with Crippen LogP contribution in [-0.2, 0) is 32.2 Å². The standard InChI is InChI=1S/C21H28N6O2S/c28-19-14-15-4-3-6-16(15)24-27(19)13-10-25-8-11-26(12-9-25)21(29)23-20-22-17-5-1-2-7-18(17)30-20/h14H,1-13H2,(H,22,23,29). The molecule has 1 saturated heterocycles. The van der Waals surface area contributed by atoms with E-state index in [1.54, 1.807) is 22.1 Å². The number of thiazole rings is 1. The van der Waals surface area contributed by atoms with Crippen LogP contribution in [0.4, 0.5) is 9.93 Å². The predicted molar refractivity (Wildman–Crippen MR) is 116 cm³/mol. The lowest BCUT2D eigenvalue weighted by atomic mass is 10.0. The molecular formula is C21H28N6O2S. The van der Waals surface area contributed by atoms with E-state index in [0.29, 0.717) is 19.6 Å². The fraction of sp³-hybridized carbons (Fsp3) is 0.619. The molecule has 1 aliphatic heterocycles. The Labute approximate surface area is 179 Å². The maximum Gasteiger partial charge on any atom is 0.323 e. The van der Waals surface area contributed by atoms with Gasteiger partial charge in [0.2, 0.25) is 0 Å². The van der Waals surface area contributed by atoms with Crippen molar-refractivity contribution in [3.63, 3.8) is 0 Å². The van der Waals surface area contributed by atoms with E-state index in [9.17, 15) is 9.59 Å². The van der Waals surface area contributed by atoms with E-state index in [0.717, 1.165) is 68.1 Å². The Bertz CT molecular complexity index is 968. The van der Waals surface area contributed by atoms with Gasteiger partial charge in [0.1, 0.15) is 0 Å². The van der Waals surface area contributed by atoms with Crippen molar-refractivity contribution in [3.8, 4) is 0 Å². The second-order valence-corrected chi connectivity index (χ2v) is 9.47. The number of hydrogen-bond acceptors (Lipinski definition) is 6. The Morgan fingerprint density at radius 3 is 2.63 bits per heavy atom. The number of piperazine rings is 1. The number of carbonyl (C=O) groups is 1. The van der Waals surface area contributed by atoms with Gasteiger partial charge in [-0.3, -0.25) is 15.0 Å². The maximum absolute atomic E-state index is 12.6. The zero-order valence-electron chi connectivity index (χ0n) is 17.2. The van der Waals surface area contributed by atoms with Gasteiger partial charge in [-0.1, -0.05) is 0 Å². The van der Waals surface area contributed by atoms with Crippen LogP contribution in [-0.4, -0.2) is 63.3 Å². The van der Waals surface area contributed by atoms with Crippen molar-refractivity contribution in [3.05, 3.63) is 38.2 Å². The van der Waals surface area contributed by atoms with Crippen LogP contribution < -0.4 is 10.9 Å². The number of fused-ring (bicyclic) bond motifs is 2. The largest absolute Gasteiger partial charge is 0.323 e. The normalized spacial score (nSPS) is 18.9. The molecule has 0 aromatic carbocycles. The molecule has 2 aliphatic carbocycles. The molecule has 5 rings (SSSR count). The third kappa shape index (κ3) is 4.13. The van der Waals surface area contributed by atoms with Crippen LogP contribution in [0.25, 0.3) is 0 Å². The number of carbonyl (C=O) groups excluding carboxylic acids is 1. The summed E-state index contributed by atoms with van der Waals surface area (Å²) in [5.41, 5.74) is 3.37. The van der Waals surface area contributed by atoms with Gasteiger partial charge in [-0.05, 0) is 50.5 Å². The molecule has 9 heteroatoms. The van der Waals surface area contributed by atoms with Crippen LogP contribution in [0.15, 0.2) is 10.9 Å². The van der Waals surface area contributed by atoms with Gasteiger partial charge in [0.05, 0.1) is 17.9 Å². The van der Waals surface area contributed by atoms with Crippen LogP contribution in [0.3, 0.4) is 0 Å². The number of aromatic nitrogens is 3. The molecule has 2 amide bonds. The molecule has 160 valence electrons. The Kier molecular flexibility index (Phi) is 5.56. The summed E-state index contributed by atoms with van der Waals surface area (Å²) in [6.07, 6.45) is 7.58. The number of amides is 2. The van der Waals surface area contributed by atoms with Crippen LogP contribution >= 0.6 is 11.3 Å². The van der Waals surface area contributed by atoms with Gasteiger partial charge in [-0.15, -0.1) is 11.3 Å². The molecule has 30 heavy (non-hydrogen) atoms. The molecule has 1 fully saturated rings. The first kappa shape index (κ1) is 19.7. The molecule has 8 nitrogen and oxygen atoms in total. The second kappa shape index (κ2) is 8.47. The van der Waals surface area contributed by atoms with E-state index < -0.39 is 0 Å². The summed E-state index contributed by atoms with van der Waals surface area (Å²) in [5, 5.41) is 8.28. The Hall–Kier alpha value is -2.26. The summed E-state index contributed by atoms with van der Waals surface area (Å²) in [6.45, 7) is 4.36. The van der Waals surface area contributed by atoms with Gasteiger partial charge in [-0.25, -0.2) is 14.5 Å². The first-order chi connectivity index (χ1) is 14.7. The van der Waals surface area contributed by atoms with E-state index in [4.69, 9.17) is 0 Å². The molecule has 0 bridgehead atoms. The Balaban J connectivity index is 1.11.